The number of hydrogen-bond donors (Lipinski definition) is 0. The van der Waals surface area contributed by atoms with Gasteiger partial charge in [0.1, 0.15) is 11.5 Å². The fourth-order valence-corrected chi connectivity index (χ4v) is 5.28. The standard InChI is InChI=1S/C24H34O4S/c1-15-11-19(27-9)17(23(3,4)5)13-21(15)29(25,26)22-14-18(24(6,7)8)20(28-10)12-16(22)2/h11-14H,1-10H3. The van der Waals surface area contributed by atoms with Crippen molar-refractivity contribution in [1.82, 2.24) is 0 Å². The Balaban J connectivity index is 2.84. The second-order valence-corrected chi connectivity index (χ2v) is 11.5. The van der Waals surface area contributed by atoms with Gasteiger partial charge in [-0.1, -0.05) is 41.5 Å². The zero-order valence-corrected chi connectivity index (χ0v) is 20.2. The Kier molecular flexibility index (Phi) is 6.16. The lowest BCUT2D eigenvalue weighted by Gasteiger charge is -2.25. The maximum Gasteiger partial charge on any atom is 0.207 e. The molecule has 0 aliphatic heterocycles. The Morgan fingerprint density at radius 1 is 0.655 bits per heavy atom. The number of benzene rings is 2. The monoisotopic (exact) mass is 418 g/mol. The quantitative estimate of drug-likeness (QED) is 0.634. The highest BCUT2D eigenvalue weighted by Gasteiger charge is 2.30. The molecular weight excluding hydrogens is 384 g/mol. The second-order valence-electron chi connectivity index (χ2n) is 9.64. The van der Waals surface area contributed by atoms with Gasteiger partial charge >= 0.3 is 0 Å². The molecule has 0 heterocycles. The molecule has 160 valence electrons. The molecule has 0 fully saturated rings. The molecule has 0 aliphatic carbocycles. The lowest BCUT2D eigenvalue weighted by atomic mass is 9.86. The Morgan fingerprint density at radius 3 is 1.21 bits per heavy atom. The molecule has 0 saturated heterocycles. The van der Waals surface area contributed by atoms with Crippen molar-refractivity contribution >= 4 is 9.84 Å². The van der Waals surface area contributed by atoms with Crippen molar-refractivity contribution in [1.29, 1.82) is 0 Å². The van der Waals surface area contributed by atoms with E-state index in [0.717, 1.165) is 11.1 Å². The van der Waals surface area contributed by atoms with Crippen LogP contribution in [0.25, 0.3) is 0 Å². The van der Waals surface area contributed by atoms with Gasteiger partial charge in [0.15, 0.2) is 0 Å². The van der Waals surface area contributed by atoms with E-state index in [-0.39, 0.29) is 10.8 Å². The number of aryl methyl sites for hydroxylation is 2. The van der Waals surface area contributed by atoms with Gasteiger partial charge in [0, 0.05) is 11.1 Å². The molecule has 0 aromatic heterocycles. The average Bonchev–Trinajstić information content (AvgIpc) is 2.58. The summed E-state index contributed by atoms with van der Waals surface area (Å²) in [4.78, 5) is 0.632. The second kappa shape index (κ2) is 7.67. The van der Waals surface area contributed by atoms with Crippen molar-refractivity contribution in [2.45, 2.75) is 76.0 Å². The van der Waals surface area contributed by atoms with Gasteiger partial charge < -0.3 is 9.47 Å². The van der Waals surface area contributed by atoms with Crippen molar-refractivity contribution in [3.63, 3.8) is 0 Å². The summed E-state index contributed by atoms with van der Waals surface area (Å²) in [5.74, 6) is 1.41. The molecule has 0 aliphatic rings. The SMILES string of the molecule is COc1cc(C)c(S(=O)(=O)c2cc(C(C)(C)C)c(OC)cc2C)cc1C(C)(C)C. The van der Waals surface area contributed by atoms with Crippen LogP contribution >= 0.6 is 0 Å². The van der Waals surface area contributed by atoms with Gasteiger partial charge in [0.25, 0.3) is 0 Å². The third-order valence-electron chi connectivity index (χ3n) is 5.19. The third kappa shape index (κ3) is 4.45. The predicted octanol–water partition coefficient (Wildman–Crippen LogP) is 5.75. The van der Waals surface area contributed by atoms with E-state index in [0.29, 0.717) is 32.4 Å². The molecule has 0 atom stereocenters. The molecule has 2 aromatic carbocycles. The number of hydrogen-bond acceptors (Lipinski definition) is 4. The normalized spacial score (nSPS) is 12.8. The van der Waals surface area contributed by atoms with Crippen LogP contribution in [0.15, 0.2) is 34.1 Å². The van der Waals surface area contributed by atoms with E-state index in [1.807, 2.05) is 67.5 Å². The van der Waals surface area contributed by atoms with E-state index >= 15 is 0 Å². The van der Waals surface area contributed by atoms with Crippen molar-refractivity contribution in [2.75, 3.05) is 14.2 Å². The van der Waals surface area contributed by atoms with Gasteiger partial charge in [-0.25, -0.2) is 8.42 Å². The maximum absolute atomic E-state index is 13.8. The first-order valence-electron chi connectivity index (χ1n) is 9.78. The van der Waals surface area contributed by atoms with Crippen molar-refractivity contribution in [3.8, 4) is 11.5 Å². The minimum Gasteiger partial charge on any atom is -0.496 e. The molecule has 0 saturated carbocycles. The fourth-order valence-electron chi connectivity index (χ4n) is 3.53. The summed E-state index contributed by atoms with van der Waals surface area (Å²) in [5.41, 5.74) is 2.56. The summed E-state index contributed by atoms with van der Waals surface area (Å²) in [5, 5.41) is 0. The summed E-state index contributed by atoms with van der Waals surface area (Å²) in [7, 11) is -0.502. The molecule has 0 N–H and O–H groups in total. The molecule has 5 heteroatoms. The molecule has 29 heavy (non-hydrogen) atoms. The van der Waals surface area contributed by atoms with Gasteiger partial charge in [-0.05, 0) is 60.1 Å². The smallest absolute Gasteiger partial charge is 0.207 e. The summed E-state index contributed by atoms with van der Waals surface area (Å²) in [6.07, 6.45) is 0. The van der Waals surface area contributed by atoms with Crippen LogP contribution < -0.4 is 9.47 Å². The van der Waals surface area contributed by atoms with Crippen LogP contribution in [0.4, 0.5) is 0 Å². The van der Waals surface area contributed by atoms with Crippen molar-refractivity contribution < 1.29 is 17.9 Å². The van der Waals surface area contributed by atoms with Crippen LogP contribution in [0, 0.1) is 13.8 Å². The highest BCUT2D eigenvalue weighted by molar-refractivity contribution is 7.91. The first-order chi connectivity index (χ1) is 13.1. The van der Waals surface area contributed by atoms with Crippen LogP contribution in [-0.2, 0) is 20.7 Å². The minimum absolute atomic E-state index is 0.255. The van der Waals surface area contributed by atoms with Crippen LogP contribution in [0.5, 0.6) is 11.5 Å². The highest BCUT2D eigenvalue weighted by Crippen LogP contribution is 2.40. The molecule has 0 radical (unpaired) electrons. The Bertz CT molecular complexity index is 943. The fraction of sp³-hybridized carbons (Fsp3) is 0.500. The zero-order chi connectivity index (χ0) is 22.4. The lowest BCUT2D eigenvalue weighted by molar-refractivity contribution is 0.396. The van der Waals surface area contributed by atoms with Gasteiger partial charge in [-0.2, -0.15) is 0 Å². The van der Waals surface area contributed by atoms with Crippen LogP contribution in [0.1, 0.15) is 63.8 Å². The Morgan fingerprint density at radius 2 is 0.966 bits per heavy atom. The Labute approximate surface area is 176 Å². The van der Waals surface area contributed by atoms with Gasteiger partial charge in [-0.3, -0.25) is 0 Å². The van der Waals surface area contributed by atoms with E-state index < -0.39 is 9.84 Å². The number of rotatable bonds is 4. The average molecular weight is 419 g/mol. The molecule has 0 spiro atoms. The number of sulfone groups is 1. The molecule has 4 nitrogen and oxygen atoms in total. The molecule has 2 rings (SSSR count). The largest absolute Gasteiger partial charge is 0.496 e. The predicted molar refractivity (Wildman–Crippen MR) is 118 cm³/mol. The van der Waals surface area contributed by atoms with Crippen molar-refractivity contribution in [2.24, 2.45) is 0 Å². The molecule has 0 bridgehead atoms. The van der Waals surface area contributed by atoms with Crippen LogP contribution in [0.2, 0.25) is 0 Å². The molecule has 0 amide bonds. The lowest BCUT2D eigenvalue weighted by Crippen LogP contribution is -2.17. The zero-order valence-electron chi connectivity index (χ0n) is 19.4. The topological polar surface area (TPSA) is 52.6 Å². The minimum atomic E-state index is -3.73. The summed E-state index contributed by atoms with van der Waals surface area (Å²) in [6, 6.07) is 7.17. The Hall–Kier alpha value is -2.01. The summed E-state index contributed by atoms with van der Waals surface area (Å²) >= 11 is 0. The molecule has 2 aromatic rings. The first kappa shape index (κ1) is 23.3. The van der Waals surface area contributed by atoms with Crippen molar-refractivity contribution in [3.05, 3.63) is 46.5 Å². The number of ether oxygens (including phenoxy) is 2. The summed E-state index contributed by atoms with van der Waals surface area (Å²) < 4.78 is 38.6. The van der Waals surface area contributed by atoms with Gasteiger partial charge in [0.05, 0.1) is 24.0 Å². The van der Waals surface area contributed by atoms with E-state index in [2.05, 4.69) is 0 Å². The summed E-state index contributed by atoms with van der Waals surface area (Å²) in [6.45, 7) is 15.9. The molecule has 0 unspecified atom stereocenters. The first-order valence-corrected chi connectivity index (χ1v) is 11.3. The maximum atomic E-state index is 13.8. The van der Waals surface area contributed by atoms with Crippen LogP contribution in [-0.4, -0.2) is 22.6 Å². The number of methoxy groups -OCH3 is 2. The van der Waals surface area contributed by atoms with E-state index in [4.69, 9.17) is 9.47 Å². The van der Waals surface area contributed by atoms with Gasteiger partial charge in [-0.15, -0.1) is 0 Å². The van der Waals surface area contributed by atoms with E-state index in [9.17, 15) is 8.42 Å². The highest BCUT2D eigenvalue weighted by atomic mass is 32.2. The molecular formula is C24H34O4S. The van der Waals surface area contributed by atoms with Crippen LogP contribution in [0.3, 0.4) is 0 Å². The third-order valence-corrected chi connectivity index (χ3v) is 7.23. The van der Waals surface area contributed by atoms with E-state index in [1.165, 1.54) is 0 Å². The van der Waals surface area contributed by atoms with Gasteiger partial charge in [0.2, 0.25) is 9.84 Å². The van der Waals surface area contributed by atoms with E-state index in [1.54, 1.807) is 26.4 Å².